The van der Waals surface area contributed by atoms with Crippen molar-refractivity contribution in [3.05, 3.63) is 0 Å². The van der Waals surface area contributed by atoms with Crippen molar-refractivity contribution < 1.29 is 34.8 Å². The number of ether oxygens (including phenoxy) is 1. The number of nitrogens with one attached hydrogen (secondary N) is 2. The van der Waals surface area contributed by atoms with Gasteiger partial charge >= 0.3 is 0 Å². The fourth-order valence-corrected chi connectivity index (χ4v) is 2.21. The van der Waals surface area contributed by atoms with Crippen LogP contribution in [-0.2, 0) is 14.3 Å². The Morgan fingerprint density at radius 1 is 1.29 bits per heavy atom. The first-order valence-corrected chi connectivity index (χ1v) is 6.94. The highest BCUT2D eigenvalue weighted by Crippen LogP contribution is 2.19. The van der Waals surface area contributed by atoms with Crippen molar-refractivity contribution in [1.82, 2.24) is 10.6 Å². The van der Waals surface area contributed by atoms with Gasteiger partial charge < -0.3 is 35.8 Å². The third kappa shape index (κ3) is 4.53. The molecule has 1 rings (SSSR count). The molecule has 21 heavy (non-hydrogen) atoms. The molecule has 1 fully saturated rings. The van der Waals surface area contributed by atoms with Crippen molar-refractivity contribution in [2.75, 3.05) is 12.4 Å². The Labute approximate surface area is 126 Å². The molecule has 6 N–H and O–H groups in total. The number of carbonyl (C=O) groups is 2. The average Bonchev–Trinajstić information content (AvgIpc) is 2.44. The molecule has 0 aliphatic carbocycles. The number of aliphatic hydroxyl groups excluding tert-OH is 4. The standard InChI is InChI=1S/C11H20N2O7S/c1-4(15)12-5(3-21)10(18)13-7-9(17)8(16)6(2-14)20-11(7)19/h5-9,11,14,16-17,19,21H,2-3H2,1H3,(H,12,15)(H,13,18)/t5?,6?,7?,8-,9-,11-/m1/s1. The maximum atomic E-state index is 11.9. The van der Waals surface area contributed by atoms with Gasteiger partial charge in [-0.15, -0.1) is 0 Å². The van der Waals surface area contributed by atoms with E-state index >= 15 is 0 Å². The van der Waals surface area contributed by atoms with Gasteiger partial charge in [0.1, 0.15) is 30.4 Å². The summed E-state index contributed by atoms with van der Waals surface area (Å²) in [7, 11) is 0. The summed E-state index contributed by atoms with van der Waals surface area (Å²) in [6.45, 7) is 0.633. The maximum Gasteiger partial charge on any atom is 0.243 e. The van der Waals surface area contributed by atoms with E-state index in [1.165, 1.54) is 6.92 Å². The Bertz CT molecular complexity index is 384. The van der Waals surface area contributed by atoms with Crippen LogP contribution < -0.4 is 10.6 Å². The molecule has 0 saturated carbocycles. The van der Waals surface area contributed by atoms with Gasteiger partial charge in [0.2, 0.25) is 11.8 Å². The summed E-state index contributed by atoms with van der Waals surface area (Å²) in [6.07, 6.45) is -5.77. The molecule has 6 atom stereocenters. The molecule has 122 valence electrons. The Hall–Kier alpha value is -0.910. The largest absolute Gasteiger partial charge is 0.394 e. The Kier molecular flexibility index (Phi) is 6.84. The maximum absolute atomic E-state index is 11.9. The van der Waals surface area contributed by atoms with Crippen LogP contribution in [0.1, 0.15) is 6.92 Å². The van der Waals surface area contributed by atoms with Gasteiger partial charge in [-0.25, -0.2) is 0 Å². The average molecular weight is 324 g/mol. The zero-order valence-corrected chi connectivity index (χ0v) is 12.2. The summed E-state index contributed by atoms with van der Waals surface area (Å²) in [5, 5.41) is 42.9. The summed E-state index contributed by atoms with van der Waals surface area (Å²) in [5.41, 5.74) is 0. The second-order valence-corrected chi connectivity index (χ2v) is 5.06. The van der Waals surface area contributed by atoms with Gasteiger partial charge in [0.25, 0.3) is 0 Å². The van der Waals surface area contributed by atoms with E-state index in [0.29, 0.717) is 0 Å². The Morgan fingerprint density at radius 2 is 1.90 bits per heavy atom. The van der Waals surface area contributed by atoms with Crippen molar-refractivity contribution >= 4 is 24.4 Å². The van der Waals surface area contributed by atoms with Crippen LogP contribution in [-0.4, -0.2) is 81.3 Å². The van der Waals surface area contributed by atoms with Crippen LogP contribution in [0.15, 0.2) is 0 Å². The van der Waals surface area contributed by atoms with Crippen molar-refractivity contribution in [1.29, 1.82) is 0 Å². The lowest BCUT2D eigenvalue weighted by atomic mass is 9.97. The molecule has 0 aromatic heterocycles. The molecule has 10 heteroatoms. The second kappa shape index (κ2) is 7.92. The van der Waals surface area contributed by atoms with Gasteiger partial charge in [-0.05, 0) is 0 Å². The predicted molar refractivity (Wildman–Crippen MR) is 73.4 cm³/mol. The number of thiol groups is 1. The molecule has 0 aromatic carbocycles. The highest BCUT2D eigenvalue weighted by molar-refractivity contribution is 7.80. The van der Waals surface area contributed by atoms with Crippen molar-refractivity contribution in [3.8, 4) is 0 Å². The van der Waals surface area contributed by atoms with Gasteiger partial charge in [-0.3, -0.25) is 9.59 Å². The van der Waals surface area contributed by atoms with Crippen LogP contribution in [0.25, 0.3) is 0 Å². The van der Waals surface area contributed by atoms with Crippen LogP contribution in [0.5, 0.6) is 0 Å². The number of hydrogen-bond donors (Lipinski definition) is 7. The minimum absolute atomic E-state index is 0.00694. The van der Waals surface area contributed by atoms with Crippen molar-refractivity contribution in [3.63, 3.8) is 0 Å². The molecule has 3 unspecified atom stereocenters. The van der Waals surface area contributed by atoms with Gasteiger partial charge in [0.15, 0.2) is 6.29 Å². The van der Waals surface area contributed by atoms with Crippen LogP contribution in [0, 0.1) is 0 Å². The van der Waals surface area contributed by atoms with Gasteiger partial charge in [-0.2, -0.15) is 12.6 Å². The molecular weight excluding hydrogens is 304 g/mol. The lowest BCUT2D eigenvalue weighted by Gasteiger charge is -2.40. The van der Waals surface area contributed by atoms with E-state index in [2.05, 4.69) is 23.3 Å². The number of aliphatic hydroxyl groups is 4. The summed E-state index contributed by atoms with van der Waals surface area (Å²) in [4.78, 5) is 22.9. The summed E-state index contributed by atoms with van der Waals surface area (Å²) in [6, 6.07) is -2.26. The fourth-order valence-electron chi connectivity index (χ4n) is 1.96. The highest BCUT2D eigenvalue weighted by atomic mass is 32.1. The Balaban J connectivity index is 2.72. The molecular formula is C11H20N2O7S. The first kappa shape index (κ1) is 18.1. The molecule has 0 radical (unpaired) electrons. The summed E-state index contributed by atoms with van der Waals surface area (Å²) < 4.78 is 4.90. The van der Waals surface area contributed by atoms with E-state index in [-0.39, 0.29) is 5.75 Å². The van der Waals surface area contributed by atoms with E-state index in [0.717, 1.165) is 0 Å². The number of rotatable bonds is 5. The zero-order chi connectivity index (χ0) is 16.2. The minimum Gasteiger partial charge on any atom is -0.394 e. The molecule has 0 aromatic rings. The molecule has 0 bridgehead atoms. The van der Waals surface area contributed by atoms with Crippen molar-refractivity contribution in [2.45, 2.75) is 43.6 Å². The SMILES string of the molecule is CC(=O)NC(CS)C(=O)NC1[C@H](O)OC(CO)[C@@H](O)[C@@H]1O. The van der Waals surface area contributed by atoms with Crippen LogP contribution in [0.3, 0.4) is 0 Å². The minimum atomic E-state index is -1.61. The Morgan fingerprint density at radius 3 is 2.38 bits per heavy atom. The number of carbonyl (C=O) groups excluding carboxylic acids is 2. The molecule has 2 amide bonds. The first-order chi connectivity index (χ1) is 9.81. The van der Waals surface area contributed by atoms with Crippen LogP contribution >= 0.6 is 12.6 Å². The summed E-state index contributed by atoms with van der Waals surface area (Å²) in [5.74, 6) is -1.13. The summed E-state index contributed by atoms with van der Waals surface area (Å²) >= 11 is 3.93. The quantitative estimate of drug-likeness (QED) is 0.258. The predicted octanol–water partition coefficient (Wildman–Crippen LogP) is -3.66. The second-order valence-electron chi connectivity index (χ2n) is 4.70. The fraction of sp³-hybridized carbons (Fsp3) is 0.818. The van der Waals surface area contributed by atoms with Gasteiger partial charge in [-0.1, -0.05) is 0 Å². The third-order valence-electron chi connectivity index (χ3n) is 3.09. The van der Waals surface area contributed by atoms with Crippen molar-refractivity contribution in [2.24, 2.45) is 0 Å². The van der Waals surface area contributed by atoms with Crippen LogP contribution in [0.2, 0.25) is 0 Å². The van der Waals surface area contributed by atoms with E-state index in [4.69, 9.17) is 9.84 Å². The molecule has 1 heterocycles. The molecule has 1 aliphatic rings. The smallest absolute Gasteiger partial charge is 0.243 e. The monoisotopic (exact) mass is 324 g/mol. The lowest BCUT2D eigenvalue weighted by Crippen LogP contribution is -2.65. The van der Waals surface area contributed by atoms with E-state index in [9.17, 15) is 24.9 Å². The number of amides is 2. The molecule has 1 aliphatic heterocycles. The van der Waals surface area contributed by atoms with E-state index in [1.807, 2.05) is 0 Å². The molecule has 0 spiro atoms. The first-order valence-electron chi connectivity index (χ1n) is 6.30. The topological polar surface area (TPSA) is 148 Å². The zero-order valence-electron chi connectivity index (χ0n) is 11.3. The molecule has 1 saturated heterocycles. The van der Waals surface area contributed by atoms with E-state index in [1.54, 1.807) is 0 Å². The third-order valence-corrected chi connectivity index (χ3v) is 3.45. The van der Waals surface area contributed by atoms with Gasteiger partial charge in [0.05, 0.1) is 6.61 Å². The van der Waals surface area contributed by atoms with Crippen LogP contribution in [0.4, 0.5) is 0 Å². The van der Waals surface area contributed by atoms with Gasteiger partial charge in [0, 0.05) is 12.7 Å². The molecule has 9 nitrogen and oxygen atoms in total. The normalized spacial score (nSPS) is 34.1. The van der Waals surface area contributed by atoms with E-state index < -0.39 is 55.1 Å². The lowest BCUT2D eigenvalue weighted by molar-refractivity contribution is -0.253. The number of hydrogen-bond acceptors (Lipinski definition) is 8. The highest BCUT2D eigenvalue weighted by Gasteiger charge is 2.44.